The Morgan fingerprint density at radius 3 is 2.10 bits per heavy atom. The average Bonchev–Trinajstić information content (AvgIpc) is 3.15. The Morgan fingerprint density at radius 1 is 0.897 bits per heavy atom. The molecule has 0 radical (unpaired) electrons. The third-order valence-corrected chi connectivity index (χ3v) is 5.95. The summed E-state index contributed by atoms with van der Waals surface area (Å²) in [5.41, 5.74) is 1.01. The van der Waals surface area contributed by atoms with E-state index in [1.54, 1.807) is 12.1 Å². The van der Waals surface area contributed by atoms with E-state index in [1.807, 2.05) is 0 Å². The molecule has 13 heteroatoms. The minimum absolute atomic E-state index is 0.00291. The number of carboxylic acid groups (broad SMARTS) is 2. The fourth-order valence-electron chi connectivity index (χ4n) is 3.85. The highest BCUT2D eigenvalue weighted by Gasteiger charge is 2.33. The molecule has 0 aromatic heterocycles. The predicted molar refractivity (Wildman–Crippen MR) is 137 cm³/mol. The number of nitrogens with one attached hydrogen (secondary N) is 3. The van der Waals surface area contributed by atoms with Gasteiger partial charge in [0.25, 0.3) is 5.91 Å². The van der Waals surface area contributed by atoms with Crippen molar-refractivity contribution in [3.8, 4) is 11.5 Å². The lowest BCUT2D eigenvalue weighted by Gasteiger charge is -2.18. The Labute approximate surface area is 222 Å². The zero-order chi connectivity index (χ0) is 28.5. The van der Waals surface area contributed by atoms with Crippen LogP contribution in [0.3, 0.4) is 0 Å². The van der Waals surface area contributed by atoms with Gasteiger partial charge in [0.2, 0.25) is 0 Å². The molecule has 2 unspecified atom stereocenters. The van der Waals surface area contributed by atoms with Crippen molar-refractivity contribution in [3.05, 3.63) is 65.4 Å². The molecule has 39 heavy (non-hydrogen) atoms. The molecule has 1 heterocycles. The maximum absolute atomic E-state index is 12.6. The van der Waals surface area contributed by atoms with E-state index in [9.17, 15) is 44.4 Å². The molecule has 1 fully saturated rings. The number of carbonyl (C=O) groups is 5. The molecule has 0 spiro atoms. The molecule has 1 aliphatic heterocycles. The molecule has 1 aliphatic rings. The summed E-state index contributed by atoms with van der Waals surface area (Å²) in [5, 5.41) is 44.8. The summed E-state index contributed by atoms with van der Waals surface area (Å²) in [6.45, 7) is -0.284. The van der Waals surface area contributed by atoms with E-state index in [0.717, 1.165) is 4.90 Å². The number of imide groups is 1. The maximum atomic E-state index is 12.6. The molecular formula is C26H28N4O9. The topological polar surface area (TPSA) is 206 Å². The lowest BCUT2D eigenvalue weighted by atomic mass is 9.99. The first-order valence-corrected chi connectivity index (χ1v) is 12.0. The Hall–Kier alpha value is -5.07. The summed E-state index contributed by atoms with van der Waals surface area (Å²) < 4.78 is 0. The van der Waals surface area contributed by atoms with Crippen molar-refractivity contribution in [1.29, 1.82) is 0 Å². The molecule has 206 valence electrons. The first-order chi connectivity index (χ1) is 18.5. The van der Waals surface area contributed by atoms with Gasteiger partial charge in [-0.1, -0.05) is 24.3 Å². The van der Waals surface area contributed by atoms with Crippen LogP contribution < -0.4 is 16.0 Å². The summed E-state index contributed by atoms with van der Waals surface area (Å²) in [7, 11) is 0. The van der Waals surface area contributed by atoms with Gasteiger partial charge in [-0.3, -0.25) is 14.5 Å². The van der Waals surface area contributed by atoms with Crippen LogP contribution in [0, 0.1) is 0 Å². The van der Waals surface area contributed by atoms with Crippen LogP contribution in [0.1, 0.15) is 36.3 Å². The highest BCUT2D eigenvalue weighted by molar-refractivity contribution is 6.13. The monoisotopic (exact) mass is 540 g/mol. The molecule has 5 amide bonds. The fraction of sp³-hybridized carbons (Fsp3) is 0.269. The highest BCUT2D eigenvalue weighted by atomic mass is 16.4. The number of benzene rings is 2. The van der Waals surface area contributed by atoms with Crippen LogP contribution >= 0.6 is 0 Å². The number of rotatable bonds is 12. The number of nitrogens with zero attached hydrogens (tertiary/aromatic N) is 1. The number of hydrogen-bond donors (Lipinski definition) is 7. The van der Waals surface area contributed by atoms with Crippen molar-refractivity contribution >= 4 is 36.0 Å². The van der Waals surface area contributed by atoms with Crippen molar-refractivity contribution in [2.75, 3.05) is 13.1 Å². The SMILES string of the molecule is O=C(NCC(C(=O)O)c1ccc(O)cc1)NC(CCCCN1C(=O)N/C(=C/c2ccc(O)cc2)C1=O)C(=O)O. The van der Waals surface area contributed by atoms with Gasteiger partial charge in [0, 0.05) is 13.1 Å². The molecule has 0 bridgehead atoms. The number of aliphatic carboxylic acids is 2. The quantitative estimate of drug-likeness (QED) is 0.119. The van der Waals surface area contributed by atoms with Crippen LogP contribution in [0.15, 0.2) is 54.2 Å². The molecule has 2 atom stereocenters. The first kappa shape index (κ1) is 28.5. The van der Waals surface area contributed by atoms with Crippen LogP contribution in [0.4, 0.5) is 9.59 Å². The Kier molecular flexibility index (Phi) is 9.46. The van der Waals surface area contributed by atoms with Crippen LogP contribution in [0.25, 0.3) is 6.08 Å². The van der Waals surface area contributed by atoms with Crippen molar-refractivity contribution in [1.82, 2.24) is 20.9 Å². The number of phenols is 2. The minimum atomic E-state index is -1.30. The second-order valence-electron chi connectivity index (χ2n) is 8.76. The van der Waals surface area contributed by atoms with Gasteiger partial charge in [0.1, 0.15) is 23.2 Å². The van der Waals surface area contributed by atoms with Gasteiger partial charge >= 0.3 is 24.0 Å². The van der Waals surface area contributed by atoms with Crippen molar-refractivity contribution in [2.24, 2.45) is 0 Å². The van der Waals surface area contributed by atoms with E-state index in [-0.39, 0.29) is 49.5 Å². The van der Waals surface area contributed by atoms with Crippen LogP contribution in [0.2, 0.25) is 0 Å². The number of carboxylic acids is 2. The number of amides is 5. The Morgan fingerprint density at radius 2 is 1.51 bits per heavy atom. The lowest BCUT2D eigenvalue weighted by Crippen LogP contribution is -2.47. The second-order valence-corrected chi connectivity index (χ2v) is 8.76. The average molecular weight is 541 g/mol. The van der Waals surface area contributed by atoms with E-state index in [2.05, 4.69) is 16.0 Å². The molecule has 2 aromatic rings. The summed E-state index contributed by atoms with van der Waals surface area (Å²) in [6, 6.07) is 8.73. The third kappa shape index (κ3) is 7.95. The zero-order valence-electron chi connectivity index (χ0n) is 20.7. The number of unbranched alkanes of at least 4 members (excludes halogenated alkanes) is 1. The van der Waals surface area contributed by atoms with Crippen molar-refractivity contribution < 1.29 is 44.4 Å². The molecule has 0 saturated carbocycles. The van der Waals surface area contributed by atoms with Crippen molar-refractivity contribution in [2.45, 2.75) is 31.2 Å². The molecule has 3 rings (SSSR count). The molecule has 1 saturated heterocycles. The number of carbonyl (C=O) groups excluding carboxylic acids is 3. The first-order valence-electron chi connectivity index (χ1n) is 12.0. The lowest BCUT2D eigenvalue weighted by molar-refractivity contribution is -0.140. The van der Waals surface area contributed by atoms with Gasteiger partial charge in [0.05, 0.1) is 5.92 Å². The van der Waals surface area contributed by atoms with Gasteiger partial charge in [0.15, 0.2) is 0 Å². The largest absolute Gasteiger partial charge is 0.508 e. The van der Waals surface area contributed by atoms with E-state index in [0.29, 0.717) is 11.1 Å². The van der Waals surface area contributed by atoms with Gasteiger partial charge in [-0.25, -0.2) is 14.4 Å². The van der Waals surface area contributed by atoms with E-state index < -0.39 is 41.9 Å². The van der Waals surface area contributed by atoms with Gasteiger partial charge < -0.3 is 36.4 Å². The number of phenolic OH excluding ortho intramolecular Hbond substituents is 2. The predicted octanol–water partition coefficient (Wildman–Crippen LogP) is 1.78. The summed E-state index contributed by atoms with van der Waals surface area (Å²) in [4.78, 5) is 61.2. The van der Waals surface area contributed by atoms with E-state index >= 15 is 0 Å². The minimum Gasteiger partial charge on any atom is -0.508 e. The van der Waals surface area contributed by atoms with Crippen LogP contribution in [-0.2, 0) is 14.4 Å². The number of hydrogen-bond acceptors (Lipinski definition) is 7. The zero-order valence-corrected chi connectivity index (χ0v) is 20.7. The summed E-state index contributed by atoms with van der Waals surface area (Å²) in [6.07, 6.45) is 2.01. The van der Waals surface area contributed by atoms with Crippen LogP contribution in [0.5, 0.6) is 11.5 Å². The number of aromatic hydroxyl groups is 2. The normalized spacial score (nSPS) is 15.5. The third-order valence-electron chi connectivity index (χ3n) is 5.95. The highest BCUT2D eigenvalue weighted by Crippen LogP contribution is 2.19. The number of urea groups is 2. The molecule has 2 aromatic carbocycles. The summed E-state index contributed by atoms with van der Waals surface area (Å²) >= 11 is 0. The Bertz CT molecular complexity index is 1260. The standard InChI is InChI=1S/C26H28N4O9/c31-17-8-4-15(5-9-17)13-21-22(33)30(26(39)29-21)12-2-1-3-20(24(36)37)28-25(38)27-14-19(23(34)35)16-6-10-18(32)11-7-16/h4-11,13,19-20,31-32H,1-3,12,14H2,(H,29,39)(H,34,35)(H,36,37)(H2,27,28,38)/b21-13+. The fourth-order valence-corrected chi connectivity index (χ4v) is 3.85. The molecule has 0 aliphatic carbocycles. The second kappa shape index (κ2) is 12.9. The summed E-state index contributed by atoms with van der Waals surface area (Å²) in [5.74, 6) is -4.15. The Balaban J connectivity index is 1.47. The molecular weight excluding hydrogens is 512 g/mol. The molecule has 13 nitrogen and oxygen atoms in total. The molecule has 7 N–H and O–H groups in total. The van der Waals surface area contributed by atoms with E-state index in [4.69, 9.17) is 0 Å². The smallest absolute Gasteiger partial charge is 0.329 e. The van der Waals surface area contributed by atoms with Gasteiger partial charge in [-0.2, -0.15) is 0 Å². The van der Waals surface area contributed by atoms with E-state index in [1.165, 1.54) is 42.5 Å². The maximum Gasteiger partial charge on any atom is 0.329 e. The van der Waals surface area contributed by atoms with Crippen molar-refractivity contribution in [3.63, 3.8) is 0 Å². The van der Waals surface area contributed by atoms with Crippen LogP contribution in [-0.4, -0.2) is 74.4 Å². The van der Waals surface area contributed by atoms with Gasteiger partial charge in [-0.05, 0) is 60.7 Å². The van der Waals surface area contributed by atoms with Gasteiger partial charge in [-0.15, -0.1) is 0 Å².